The predicted octanol–water partition coefficient (Wildman–Crippen LogP) is 3.36. The SMILES string of the molecule is CN=C(NCCCC(=O)N1Cc2ccccc2C1)NCCCN1CCCCC1C.I. The Balaban J connectivity index is 0.00000320. The van der Waals surface area contributed by atoms with E-state index < -0.39 is 0 Å². The van der Waals surface area contributed by atoms with E-state index in [1.807, 2.05) is 17.0 Å². The molecular weight excluding hydrogens is 489 g/mol. The smallest absolute Gasteiger partial charge is 0.223 e. The molecule has 0 aromatic heterocycles. The Kier molecular flexibility index (Phi) is 10.9. The second kappa shape index (κ2) is 13.1. The summed E-state index contributed by atoms with van der Waals surface area (Å²) in [5.74, 6) is 1.07. The van der Waals surface area contributed by atoms with E-state index in [0.29, 0.717) is 6.42 Å². The summed E-state index contributed by atoms with van der Waals surface area (Å²) < 4.78 is 0. The van der Waals surface area contributed by atoms with Gasteiger partial charge >= 0.3 is 0 Å². The van der Waals surface area contributed by atoms with Gasteiger partial charge in [0.15, 0.2) is 5.96 Å². The summed E-state index contributed by atoms with van der Waals surface area (Å²) in [5.41, 5.74) is 2.56. The third kappa shape index (κ3) is 7.41. The number of hydrogen-bond donors (Lipinski definition) is 2. The summed E-state index contributed by atoms with van der Waals surface area (Å²) in [5, 5.41) is 6.73. The Morgan fingerprint density at radius 3 is 2.40 bits per heavy atom. The number of benzene rings is 1. The van der Waals surface area contributed by atoms with Crippen LogP contribution < -0.4 is 10.6 Å². The van der Waals surface area contributed by atoms with Crippen LogP contribution in [0, 0.1) is 0 Å². The van der Waals surface area contributed by atoms with Gasteiger partial charge in [-0.25, -0.2) is 0 Å². The van der Waals surface area contributed by atoms with E-state index in [1.165, 1.54) is 36.9 Å². The van der Waals surface area contributed by atoms with Crippen molar-refractivity contribution in [1.29, 1.82) is 0 Å². The van der Waals surface area contributed by atoms with Crippen LogP contribution in [0.15, 0.2) is 29.3 Å². The average molecular weight is 527 g/mol. The number of fused-ring (bicyclic) bond motifs is 1. The van der Waals surface area contributed by atoms with Crippen molar-refractivity contribution in [3.05, 3.63) is 35.4 Å². The molecule has 0 saturated carbocycles. The molecule has 7 heteroatoms. The maximum Gasteiger partial charge on any atom is 0.223 e. The van der Waals surface area contributed by atoms with Gasteiger partial charge in [0, 0.05) is 52.2 Å². The Hall–Kier alpha value is -1.35. The van der Waals surface area contributed by atoms with Crippen molar-refractivity contribution in [2.75, 3.05) is 33.2 Å². The standard InChI is InChI=1S/C23H37N5O.HI/c1-19-9-5-6-15-27(19)16-8-14-26-23(24-2)25-13-7-12-22(29)28-17-20-10-3-4-11-21(20)18-28;/h3-4,10-11,19H,5-9,12-18H2,1-2H3,(H2,24,25,26);1H. The van der Waals surface area contributed by atoms with E-state index >= 15 is 0 Å². The van der Waals surface area contributed by atoms with Crippen LogP contribution in [0.1, 0.15) is 56.6 Å². The Labute approximate surface area is 198 Å². The highest BCUT2D eigenvalue weighted by atomic mass is 127. The molecule has 168 valence electrons. The van der Waals surface area contributed by atoms with Crippen LogP contribution >= 0.6 is 24.0 Å². The number of nitrogens with zero attached hydrogens (tertiary/aromatic N) is 3. The van der Waals surface area contributed by atoms with Gasteiger partial charge in [-0.05, 0) is 50.3 Å². The van der Waals surface area contributed by atoms with Crippen molar-refractivity contribution in [1.82, 2.24) is 20.4 Å². The second-order valence-electron chi connectivity index (χ2n) is 8.28. The molecule has 1 atom stereocenters. The maximum absolute atomic E-state index is 12.5. The molecule has 3 rings (SSSR count). The van der Waals surface area contributed by atoms with Gasteiger partial charge < -0.3 is 20.4 Å². The van der Waals surface area contributed by atoms with Crippen molar-refractivity contribution in [3.8, 4) is 0 Å². The fourth-order valence-electron chi connectivity index (χ4n) is 4.31. The molecule has 1 aromatic rings. The number of aliphatic imine (C=N–C) groups is 1. The van der Waals surface area contributed by atoms with Crippen molar-refractivity contribution in [2.45, 2.75) is 64.6 Å². The van der Waals surface area contributed by atoms with Gasteiger partial charge in [0.05, 0.1) is 0 Å². The molecule has 2 aliphatic rings. The Morgan fingerprint density at radius 2 is 1.77 bits per heavy atom. The molecule has 30 heavy (non-hydrogen) atoms. The van der Waals surface area contributed by atoms with Crippen molar-refractivity contribution < 1.29 is 4.79 Å². The summed E-state index contributed by atoms with van der Waals surface area (Å²) >= 11 is 0. The molecule has 1 unspecified atom stereocenters. The van der Waals surface area contributed by atoms with Gasteiger partial charge in [0.1, 0.15) is 0 Å². The van der Waals surface area contributed by atoms with Crippen LogP contribution in [0.25, 0.3) is 0 Å². The summed E-state index contributed by atoms with van der Waals surface area (Å²) in [6.45, 7) is 7.92. The number of rotatable bonds is 8. The highest BCUT2D eigenvalue weighted by Gasteiger charge is 2.22. The first-order valence-electron chi connectivity index (χ1n) is 11.2. The number of likely N-dealkylation sites (tertiary alicyclic amines) is 1. The van der Waals surface area contributed by atoms with Crippen molar-refractivity contribution in [3.63, 3.8) is 0 Å². The van der Waals surface area contributed by atoms with Gasteiger partial charge in [0.2, 0.25) is 5.91 Å². The Morgan fingerprint density at radius 1 is 1.10 bits per heavy atom. The fraction of sp³-hybridized carbons (Fsp3) is 0.652. The highest BCUT2D eigenvalue weighted by molar-refractivity contribution is 14.0. The van der Waals surface area contributed by atoms with Crippen LogP contribution in [0.5, 0.6) is 0 Å². The number of piperidine rings is 1. The monoisotopic (exact) mass is 527 g/mol. The lowest BCUT2D eigenvalue weighted by atomic mass is 10.0. The molecule has 2 N–H and O–H groups in total. The van der Waals surface area contributed by atoms with E-state index in [0.717, 1.165) is 57.6 Å². The third-order valence-corrected chi connectivity index (χ3v) is 6.13. The minimum Gasteiger partial charge on any atom is -0.356 e. The molecule has 0 spiro atoms. The number of halogens is 1. The van der Waals surface area contributed by atoms with Gasteiger partial charge in [-0.3, -0.25) is 9.79 Å². The summed E-state index contributed by atoms with van der Waals surface area (Å²) in [7, 11) is 1.80. The first-order valence-corrected chi connectivity index (χ1v) is 11.2. The zero-order valence-corrected chi connectivity index (χ0v) is 20.9. The number of carbonyl (C=O) groups is 1. The largest absolute Gasteiger partial charge is 0.356 e. The molecule has 1 fully saturated rings. The van der Waals surface area contributed by atoms with Gasteiger partial charge in [-0.1, -0.05) is 30.7 Å². The Bertz CT molecular complexity index is 671. The number of amides is 1. The topological polar surface area (TPSA) is 60.0 Å². The van der Waals surface area contributed by atoms with Gasteiger partial charge in [-0.2, -0.15) is 0 Å². The minimum absolute atomic E-state index is 0. The minimum atomic E-state index is 0. The molecule has 0 aliphatic carbocycles. The third-order valence-electron chi connectivity index (χ3n) is 6.13. The lowest BCUT2D eigenvalue weighted by molar-refractivity contribution is -0.131. The maximum atomic E-state index is 12.5. The fourth-order valence-corrected chi connectivity index (χ4v) is 4.31. The normalized spacial score (nSPS) is 19.2. The molecule has 6 nitrogen and oxygen atoms in total. The van der Waals surface area contributed by atoms with E-state index in [4.69, 9.17) is 0 Å². The van der Waals surface area contributed by atoms with E-state index in [1.54, 1.807) is 7.05 Å². The lowest BCUT2D eigenvalue weighted by Gasteiger charge is -2.33. The average Bonchev–Trinajstić information content (AvgIpc) is 3.18. The van der Waals surface area contributed by atoms with Gasteiger partial charge in [-0.15, -0.1) is 24.0 Å². The molecule has 2 aliphatic heterocycles. The van der Waals surface area contributed by atoms with E-state index in [-0.39, 0.29) is 29.9 Å². The molecule has 2 heterocycles. The first kappa shape index (κ1) is 24.9. The van der Waals surface area contributed by atoms with Crippen LogP contribution in [-0.4, -0.2) is 60.9 Å². The zero-order valence-electron chi connectivity index (χ0n) is 18.5. The van der Waals surface area contributed by atoms with Crippen molar-refractivity contribution >= 4 is 35.8 Å². The second-order valence-corrected chi connectivity index (χ2v) is 8.28. The predicted molar refractivity (Wildman–Crippen MR) is 134 cm³/mol. The molecule has 1 saturated heterocycles. The van der Waals surface area contributed by atoms with Crippen LogP contribution in [-0.2, 0) is 17.9 Å². The first-order chi connectivity index (χ1) is 14.2. The van der Waals surface area contributed by atoms with Crippen LogP contribution in [0.2, 0.25) is 0 Å². The molecule has 0 radical (unpaired) electrons. The zero-order chi connectivity index (χ0) is 20.5. The van der Waals surface area contributed by atoms with E-state index in [9.17, 15) is 4.79 Å². The lowest BCUT2D eigenvalue weighted by Crippen LogP contribution is -2.41. The summed E-state index contributed by atoms with van der Waals surface area (Å²) in [6, 6.07) is 9.05. The van der Waals surface area contributed by atoms with Gasteiger partial charge in [0.25, 0.3) is 0 Å². The number of nitrogens with one attached hydrogen (secondary N) is 2. The number of guanidine groups is 1. The van der Waals surface area contributed by atoms with Crippen LogP contribution in [0.3, 0.4) is 0 Å². The molecule has 1 amide bonds. The highest BCUT2D eigenvalue weighted by Crippen LogP contribution is 2.22. The van der Waals surface area contributed by atoms with E-state index in [2.05, 4.69) is 39.6 Å². The number of hydrogen-bond acceptors (Lipinski definition) is 3. The summed E-state index contributed by atoms with van der Waals surface area (Å²) in [6.07, 6.45) is 6.56. The quantitative estimate of drug-likeness (QED) is 0.236. The molecule has 1 aromatic carbocycles. The summed E-state index contributed by atoms with van der Waals surface area (Å²) in [4.78, 5) is 21.3. The molecule has 0 bridgehead atoms. The van der Waals surface area contributed by atoms with Crippen molar-refractivity contribution in [2.24, 2.45) is 4.99 Å². The molecular formula is C23H38IN5O. The van der Waals surface area contributed by atoms with Crippen LogP contribution in [0.4, 0.5) is 0 Å². The number of carbonyl (C=O) groups excluding carboxylic acids is 1.